The van der Waals surface area contributed by atoms with Crippen molar-refractivity contribution in [3.05, 3.63) is 24.1 Å². The predicted molar refractivity (Wildman–Crippen MR) is 47.3 cm³/mol. The van der Waals surface area contributed by atoms with E-state index in [4.69, 9.17) is 19.5 Å². The number of rotatable bonds is 3. The zero-order chi connectivity index (χ0) is 9.90. The smallest absolute Gasteiger partial charge is 0.482 e. The number of hydrogen-bond acceptors (Lipinski definition) is 5. The van der Waals surface area contributed by atoms with Crippen LogP contribution in [0, 0.1) is 0 Å². The monoisotopic (exact) mass is 185 g/mol. The van der Waals surface area contributed by atoms with Gasteiger partial charge in [0.25, 0.3) is 0 Å². The van der Waals surface area contributed by atoms with Crippen molar-refractivity contribution in [3.8, 4) is 0 Å². The molecule has 0 radical (unpaired) electrons. The van der Waals surface area contributed by atoms with Crippen LogP contribution in [0.1, 0.15) is 0 Å². The standard InChI is InChI=1S/C7H12BNO4/c1-12-6-4-3-5-7(9-6,13-2)8(10)11/h3-5,9-11H,1-2H3. The Kier molecular flexibility index (Phi) is 2.97. The maximum atomic E-state index is 9.07. The molecule has 0 saturated carbocycles. The van der Waals surface area contributed by atoms with Crippen LogP contribution in [0.5, 0.6) is 0 Å². The number of nitrogens with one attached hydrogen (secondary N) is 1. The lowest BCUT2D eigenvalue weighted by Crippen LogP contribution is -2.58. The van der Waals surface area contributed by atoms with E-state index in [0.29, 0.717) is 5.88 Å². The van der Waals surface area contributed by atoms with Gasteiger partial charge in [0.05, 0.1) is 7.11 Å². The van der Waals surface area contributed by atoms with Crippen molar-refractivity contribution in [2.45, 2.75) is 5.62 Å². The van der Waals surface area contributed by atoms with E-state index in [1.807, 2.05) is 0 Å². The van der Waals surface area contributed by atoms with E-state index in [0.717, 1.165) is 0 Å². The molecule has 0 aliphatic carbocycles. The largest absolute Gasteiger partial charge is 0.512 e. The van der Waals surface area contributed by atoms with Crippen LogP contribution in [-0.2, 0) is 9.47 Å². The van der Waals surface area contributed by atoms with Crippen LogP contribution in [-0.4, -0.2) is 37.0 Å². The molecule has 0 aromatic heterocycles. The first-order valence-corrected chi connectivity index (χ1v) is 3.77. The molecule has 1 heterocycles. The summed E-state index contributed by atoms with van der Waals surface area (Å²) in [6.45, 7) is 0. The first-order valence-electron chi connectivity index (χ1n) is 3.77. The van der Waals surface area contributed by atoms with E-state index in [1.165, 1.54) is 20.3 Å². The van der Waals surface area contributed by atoms with Crippen molar-refractivity contribution in [1.29, 1.82) is 0 Å². The second-order valence-corrected chi connectivity index (χ2v) is 2.59. The fraction of sp³-hybridized carbons (Fsp3) is 0.429. The van der Waals surface area contributed by atoms with Crippen LogP contribution >= 0.6 is 0 Å². The number of methoxy groups -OCH3 is 2. The van der Waals surface area contributed by atoms with Gasteiger partial charge in [-0.25, -0.2) is 0 Å². The SMILES string of the molecule is COC1=CC=CC(OC)(B(O)O)N1. The van der Waals surface area contributed by atoms with Crippen molar-refractivity contribution in [1.82, 2.24) is 5.32 Å². The molecule has 3 N–H and O–H groups in total. The third-order valence-corrected chi connectivity index (χ3v) is 1.85. The molecular weight excluding hydrogens is 173 g/mol. The lowest BCUT2D eigenvalue weighted by molar-refractivity contribution is 0.0316. The number of ether oxygens (including phenoxy) is 2. The fourth-order valence-electron chi connectivity index (χ4n) is 1.05. The molecule has 0 aromatic carbocycles. The highest BCUT2D eigenvalue weighted by Crippen LogP contribution is 2.16. The molecular formula is C7H12BNO4. The zero-order valence-electron chi connectivity index (χ0n) is 7.52. The van der Waals surface area contributed by atoms with Crippen LogP contribution in [0.3, 0.4) is 0 Å². The first kappa shape index (κ1) is 10.1. The van der Waals surface area contributed by atoms with Crippen molar-refractivity contribution in [2.75, 3.05) is 14.2 Å². The molecule has 1 unspecified atom stereocenters. The van der Waals surface area contributed by atoms with Crippen molar-refractivity contribution in [3.63, 3.8) is 0 Å². The zero-order valence-corrected chi connectivity index (χ0v) is 7.52. The molecule has 0 saturated heterocycles. The van der Waals surface area contributed by atoms with Crippen molar-refractivity contribution >= 4 is 7.12 Å². The Bertz CT molecular complexity index is 241. The Morgan fingerprint density at radius 1 is 1.46 bits per heavy atom. The highest BCUT2D eigenvalue weighted by molar-refractivity contribution is 6.46. The molecule has 1 aliphatic rings. The Hall–Kier alpha value is -0.975. The Morgan fingerprint density at radius 2 is 2.15 bits per heavy atom. The molecule has 1 aliphatic heterocycles. The van der Waals surface area contributed by atoms with Crippen LogP contribution in [0.15, 0.2) is 24.1 Å². The summed E-state index contributed by atoms with van der Waals surface area (Å²) < 4.78 is 9.85. The summed E-state index contributed by atoms with van der Waals surface area (Å²) >= 11 is 0. The maximum absolute atomic E-state index is 9.07. The molecule has 0 spiro atoms. The first-order chi connectivity index (χ1) is 6.14. The molecule has 6 heteroatoms. The van der Waals surface area contributed by atoms with Gasteiger partial charge in [-0.3, -0.25) is 0 Å². The minimum absolute atomic E-state index is 0.414. The maximum Gasteiger partial charge on any atom is 0.512 e. The second-order valence-electron chi connectivity index (χ2n) is 2.59. The lowest BCUT2D eigenvalue weighted by atomic mass is 9.74. The molecule has 5 nitrogen and oxygen atoms in total. The third kappa shape index (κ3) is 1.85. The number of hydrogen-bond donors (Lipinski definition) is 3. The topological polar surface area (TPSA) is 71.0 Å². The second kappa shape index (κ2) is 3.82. The van der Waals surface area contributed by atoms with E-state index in [2.05, 4.69) is 5.32 Å². The number of dihydropyridines is 1. The van der Waals surface area contributed by atoms with E-state index in [1.54, 1.807) is 12.2 Å². The summed E-state index contributed by atoms with van der Waals surface area (Å²) in [5, 5.41) is 20.8. The van der Waals surface area contributed by atoms with Gasteiger partial charge < -0.3 is 24.8 Å². The van der Waals surface area contributed by atoms with Gasteiger partial charge in [-0.1, -0.05) is 6.08 Å². The van der Waals surface area contributed by atoms with Gasteiger partial charge in [-0.05, 0) is 12.2 Å². The Morgan fingerprint density at radius 3 is 2.62 bits per heavy atom. The van der Waals surface area contributed by atoms with Crippen LogP contribution in [0.2, 0.25) is 0 Å². The van der Waals surface area contributed by atoms with Gasteiger partial charge >= 0.3 is 7.12 Å². The molecule has 0 amide bonds. The van der Waals surface area contributed by atoms with Gasteiger partial charge in [-0.15, -0.1) is 0 Å². The van der Waals surface area contributed by atoms with Gasteiger partial charge in [0.1, 0.15) is 0 Å². The van der Waals surface area contributed by atoms with Crippen LogP contribution in [0.25, 0.3) is 0 Å². The number of allylic oxidation sites excluding steroid dienone is 2. The summed E-state index contributed by atoms with van der Waals surface area (Å²) in [5.74, 6) is 0.414. The predicted octanol–water partition coefficient (Wildman–Crippen LogP) is -1.01. The minimum Gasteiger partial charge on any atom is -0.482 e. The summed E-state index contributed by atoms with van der Waals surface area (Å²) in [7, 11) is 1.19. The molecule has 0 fully saturated rings. The highest BCUT2D eigenvalue weighted by atomic mass is 16.5. The van der Waals surface area contributed by atoms with Gasteiger partial charge in [0, 0.05) is 7.11 Å². The summed E-state index contributed by atoms with van der Waals surface area (Å²) in [4.78, 5) is 0. The van der Waals surface area contributed by atoms with E-state index in [9.17, 15) is 0 Å². The Balaban J connectivity index is 2.83. The van der Waals surface area contributed by atoms with E-state index >= 15 is 0 Å². The molecule has 0 bridgehead atoms. The quantitative estimate of drug-likeness (QED) is 0.491. The molecule has 13 heavy (non-hydrogen) atoms. The Labute approximate surface area is 76.8 Å². The summed E-state index contributed by atoms with van der Waals surface area (Å²) in [6.07, 6.45) is 4.78. The minimum atomic E-state index is -1.66. The van der Waals surface area contributed by atoms with Crippen molar-refractivity contribution < 1.29 is 19.5 Å². The molecule has 0 aromatic rings. The summed E-state index contributed by atoms with van der Waals surface area (Å²) in [5.41, 5.74) is -1.32. The third-order valence-electron chi connectivity index (χ3n) is 1.85. The van der Waals surface area contributed by atoms with Gasteiger partial charge in [0.2, 0.25) is 0 Å². The van der Waals surface area contributed by atoms with Gasteiger partial charge in [-0.2, -0.15) is 0 Å². The average molecular weight is 185 g/mol. The molecule has 1 rings (SSSR count). The summed E-state index contributed by atoms with van der Waals surface area (Å²) in [6, 6.07) is 0. The molecule has 72 valence electrons. The highest BCUT2D eigenvalue weighted by Gasteiger charge is 2.42. The normalized spacial score (nSPS) is 26.3. The van der Waals surface area contributed by atoms with Crippen LogP contribution < -0.4 is 5.32 Å². The van der Waals surface area contributed by atoms with Crippen molar-refractivity contribution in [2.24, 2.45) is 0 Å². The molecule has 1 atom stereocenters. The lowest BCUT2D eigenvalue weighted by Gasteiger charge is -2.32. The fourth-order valence-corrected chi connectivity index (χ4v) is 1.05. The average Bonchev–Trinajstić information content (AvgIpc) is 2.17. The van der Waals surface area contributed by atoms with E-state index in [-0.39, 0.29) is 0 Å². The van der Waals surface area contributed by atoms with E-state index < -0.39 is 12.7 Å². The van der Waals surface area contributed by atoms with Gasteiger partial charge in [0.15, 0.2) is 11.5 Å². The van der Waals surface area contributed by atoms with Crippen LogP contribution in [0.4, 0.5) is 0 Å².